The lowest BCUT2D eigenvalue weighted by Gasteiger charge is -2.35. The van der Waals surface area contributed by atoms with Crippen molar-refractivity contribution in [2.24, 2.45) is 5.10 Å². The van der Waals surface area contributed by atoms with Crippen molar-refractivity contribution in [1.82, 2.24) is 20.2 Å². The molecule has 1 N–H and O–H groups in total. The third-order valence-electron chi connectivity index (χ3n) is 6.72. The van der Waals surface area contributed by atoms with Crippen LogP contribution in [0.15, 0.2) is 47.0 Å². The van der Waals surface area contributed by atoms with Gasteiger partial charge in [-0.05, 0) is 25.0 Å². The third-order valence-corrected chi connectivity index (χ3v) is 6.72. The second-order valence-electron chi connectivity index (χ2n) is 9.19. The molecule has 1 aromatic heterocycles. The lowest BCUT2D eigenvalue weighted by atomic mass is 10.1. The quantitative estimate of drug-likeness (QED) is 0.417. The number of anilines is 1. The third kappa shape index (κ3) is 6.40. The summed E-state index contributed by atoms with van der Waals surface area (Å²) in [5, 5.41) is 3.77. The van der Waals surface area contributed by atoms with Gasteiger partial charge in [0.2, 0.25) is 5.91 Å². The maximum absolute atomic E-state index is 13.6. The number of hydrogen-bond donors (Lipinski definition) is 1. The Morgan fingerprint density at radius 2 is 1.82 bits per heavy atom. The fourth-order valence-electron chi connectivity index (χ4n) is 4.77. The summed E-state index contributed by atoms with van der Waals surface area (Å²) in [6.07, 6.45) is -5.62. The number of ether oxygens (including phenoxy) is 1. The van der Waals surface area contributed by atoms with Gasteiger partial charge in [-0.3, -0.25) is 10.2 Å². The molecule has 8 nitrogen and oxygen atoms in total. The first-order valence-corrected chi connectivity index (χ1v) is 12.2. The van der Waals surface area contributed by atoms with Crippen molar-refractivity contribution in [3.05, 3.63) is 47.4 Å². The van der Waals surface area contributed by atoms with Gasteiger partial charge in [-0.2, -0.15) is 31.4 Å². The Labute approximate surface area is 215 Å². The first-order valence-electron chi connectivity index (χ1n) is 12.2. The molecule has 1 amide bonds. The molecule has 0 unspecified atom stereocenters. The van der Waals surface area contributed by atoms with Crippen molar-refractivity contribution in [2.75, 3.05) is 50.8 Å². The average molecular weight is 547 g/mol. The summed E-state index contributed by atoms with van der Waals surface area (Å²) in [6.45, 7) is 5.80. The van der Waals surface area contributed by atoms with Crippen molar-refractivity contribution in [3.8, 4) is 0 Å². The van der Waals surface area contributed by atoms with E-state index >= 15 is 0 Å². The highest BCUT2D eigenvalue weighted by Gasteiger charge is 2.42. The zero-order valence-electron chi connectivity index (χ0n) is 20.5. The number of halogens is 6. The van der Waals surface area contributed by atoms with Crippen LogP contribution in [0.2, 0.25) is 0 Å². The second-order valence-corrected chi connectivity index (χ2v) is 9.19. The number of amides is 1. The Hall–Kier alpha value is -3.29. The molecular formula is C24H28F6N6O2. The van der Waals surface area contributed by atoms with E-state index in [1.165, 1.54) is 6.07 Å². The van der Waals surface area contributed by atoms with E-state index < -0.39 is 23.5 Å². The van der Waals surface area contributed by atoms with Crippen LogP contribution in [-0.4, -0.2) is 85.1 Å². The molecule has 4 heterocycles. The van der Waals surface area contributed by atoms with Crippen molar-refractivity contribution < 1.29 is 35.9 Å². The minimum atomic E-state index is -4.58. The van der Waals surface area contributed by atoms with Gasteiger partial charge in [0.05, 0.1) is 48.8 Å². The zero-order valence-corrected chi connectivity index (χ0v) is 20.5. The van der Waals surface area contributed by atoms with Gasteiger partial charge in [0.25, 0.3) is 0 Å². The maximum Gasteiger partial charge on any atom is 0.420 e. The number of carbonyl (C=O) groups excluding carboxylic acids is 1. The number of piperazine rings is 1. The highest BCUT2D eigenvalue weighted by atomic mass is 19.4. The van der Waals surface area contributed by atoms with Gasteiger partial charge in [0.1, 0.15) is 11.4 Å². The summed E-state index contributed by atoms with van der Waals surface area (Å²) >= 11 is 0. The van der Waals surface area contributed by atoms with Crippen LogP contribution in [0.3, 0.4) is 0 Å². The number of alkyl halides is 6. The minimum Gasteiger partial charge on any atom is -0.379 e. The zero-order chi connectivity index (χ0) is 27.5. The summed E-state index contributed by atoms with van der Waals surface area (Å²) in [5.74, 6) is 0.290. The first kappa shape index (κ1) is 27.7. The maximum atomic E-state index is 13.6. The summed E-state index contributed by atoms with van der Waals surface area (Å²) in [6, 6.07) is 2.02. The lowest BCUT2D eigenvalue weighted by molar-refractivity contribution is -0.138. The molecule has 0 aliphatic carbocycles. The van der Waals surface area contributed by atoms with E-state index in [0.717, 1.165) is 18.5 Å². The molecule has 0 saturated carbocycles. The molecule has 3 aliphatic heterocycles. The number of allylic oxidation sites excluding steroid dienone is 2. The van der Waals surface area contributed by atoms with E-state index in [4.69, 9.17) is 4.74 Å². The number of nitrogens with zero attached hydrogens (tertiary/aromatic N) is 5. The summed E-state index contributed by atoms with van der Waals surface area (Å²) < 4.78 is 84.7. The molecule has 14 heteroatoms. The average Bonchev–Trinajstić information content (AvgIpc) is 3.34. The molecule has 1 aromatic rings. The normalized spacial score (nSPS) is 20.8. The number of aromatic nitrogens is 1. The Morgan fingerprint density at radius 1 is 1.08 bits per heavy atom. The molecule has 0 aromatic carbocycles. The molecule has 4 rings (SSSR count). The summed E-state index contributed by atoms with van der Waals surface area (Å²) in [4.78, 5) is 21.6. The molecule has 208 valence electrons. The van der Waals surface area contributed by atoms with E-state index in [9.17, 15) is 31.1 Å². The number of hydrazone groups is 1. The number of rotatable bonds is 7. The Kier molecular flexibility index (Phi) is 8.19. The van der Waals surface area contributed by atoms with E-state index in [-0.39, 0.29) is 43.0 Å². The van der Waals surface area contributed by atoms with Crippen LogP contribution < -0.4 is 10.3 Å². The molecule has 2 fully saturated rings. The number of carbonyl (C=O) groups is 1. The molecule has 0 radical (unpaired) electrons. The molecular weight excluding hydrogens is 518 g/mol. The molecule has 2 saturated heterocycles. The predicted octanol–water partition coefficient (Wildman–Crippen LogP) is 3.54. The summed E-state index contributed by atoms with van der Waals surface area (Å²) in [7, 11) is 0. The predicted molar refractivity (Wildman–Crippen MR) is 127 cm³/mol. The monoisotopic (exact) mass is 546 g/mol. The summed E-state index contributed by atoms with van der Waals surface area (Å²) in [5.41, 5.74) is 0.266. The Balaban J connectivity index is 1.23. The van der Waals surface area contributed by atoms with E-state index in [0.29, 0.717) is 51.4 Å². The van der Waals surface area contributed by atoms with E-state index in [1.54, 1.807) is 9.80 Å². The first-order chi connectivity index (χ1) is 17.9. The highest BCUT2D eigenvalue weighted by Crippen LogP contribution is 2.36. The molecule has 0 bridgehead atoms. The fourth-order valence-corrected chi connectivity index (χ4v) is 4.77. The molecule has 0 spiro atoms. The Morgan fingerprint density at radius 3 is 2.45 bits per heavy atom. The SMILES string of the molecule is C=C1NN=CC(N2CCC[C@H]2COCCC(=O)N2CCN(c3ccc(C(F)(F)F)cn3)CC2)=C1C(F)(F)F. The molecule has 3 aliphatic rings. The van der Waals surface area contributed by atoms with Crippen LogP contribution in [0.4, 0.5) is 32.2 Å². The van der Waals surface area contributed by atoms with Crippen LogP contribution in [0.25, 0.3) is 0 Å². The van der Waals surface area contributed by atoms with Crippen LogP contribution in [0, 0.1) is 0 Å². The number of hydrogen-bond acceptors (Lipinski definition) is 7. The van der Waals surface area contributed by atoms with Crippen molar-refractivity contribution >= 4 is 17.9 Å². The van der Waals surface area contributed by atoms with Crippen molar-refractivity contribution in [2.45, 2.75) is 37.7 Å². The van der Waals surface area contributed by atoms with E-state index in [2.05, 4.69) is 22.1 Å². The van der Waals surface area contributed by atoms with E-state index in [1.807, 2.05) is 4.90 Å². The van der Waals surface area contributed by atoms with Gasteiger partial charge in [-0.25, -0.2) is 4.98 Å². The van der Waals surface area contributed by atoms with Gasteiger partial charge in [-0.15, -0.1) is 0 Å². The van der Waals surface area contributed by atoms with Gasteiger partial charge < -0.3 is 19.4 Å². The van der Waals surface area contributed by atoms with Gasteiger partial charge in [-0.1, -0.05) is 6.58 Å². The minimum absolute atomic E-state index is 0.0381. The standard InChI is InChI=1S/C24H28F6N6O2/c1-16-22(24(28,29)30)19(14-32-33-16)36-7-2-3-18(36)15-38-12-6-21(37)35-10-8-34(9-11-35)20-5-4-17(13-31-20)23(25,26)27/h4-5,13-14,18,33H,1-3,6-12,15H2/t18-/m0/s1. The smallest absolute Gasteiger partial charge is 0.379 e. The van der Waals surface area contributed by atoms with Gasteiger partial charge >= 0.3 is 12.4 Å². The number of likely N-dealkylation sites (tertiary alicyclic amines) is 1. The van der Waals surface area contributed by atoms with Crippen LogP contribution in [0.5, 0.6) is 0 Å². The van der Waals surface area contributed by atoms with Crippen molar-refractivity contribution in [1.29, 1.82) is 0 Å². The number of pyridine rings is 1. The number of nitrogens with one attached hydrogen (secondary N) is 1. The fraction of sp³-hybridized carbons (Fsp3) is 0.542. The van der Waals surface area contributed by atoms with Gasteiger partial charge in [0.15, 0.2) is 0 Å². The second kappa shape index (κ2) is 11.2. The topological polar surface area (TPSA) is 73.3 Å². The van der Waals surface area contributed by atoms with Crippen LogP contribution in [-0.2, 0) is 15.7 Å². The van der Waals surface area contributed by atoms with Gasteiger partial charge in [0, 0.05) is 38.9 Å². The Bertz CT molecular complexity index is 1080. The van der Waals surface area contributed by atoms with Crippen LogP contribution in [0.1, 0.15) is 24.8 Å². The highest BCUT2D eigenvalue weighted by molar-refractivity contribution is 5.82. The lowest BCUT2D eigenvalue weighted by Crippen LogP contribution is -2.49. The molecule has 38 heavy (non-hydrogen) atoms. The molecule has 1 atom stereocenters. The largest absolute Gasteiger partial charge is 0.420 e. The van der Waals surface area contributed by atoms with Crippen molar-refractivity contribution in [3.63, 3.8) is 0 Å². The van der Waals surface area contributed by atoms with Crippen LogP contribution >= 0.6 is 0 Å².